The van der Waals surface area contributed by atoms with Crippen LogP contribution in [0.25, 0.3) is 0 Å². The van der Waals surface area contributed by atoms with Gasteiger partial charge in [0.25, 0.3) is 0 Å². The Morgan fingerprint density at radius 1 is 1.06 bits per heavy atom. The molecule has 2 bridgehead atoms. The fourth-order valence-electron chi connectivity index (χ4n) is 4.98. The van der Waals surface area contributed by atoms with Gasteiger partial charge >= 0.3 is 0 Å². The number of halogens is 1. The number of guanidine groups is 1. The van der Waals surface area contributed by atoms with E-state index in [-0.39, 0.29) is 59.5 Å². The van der Waals surface area contributed by atoms with Crippen LogP contribution >= 0.6 is 24.0 Å². The van der Waals surface area contributed by atoms with Crippen LogP contribution in [0.2, 0.25) is 0 Å². The minimum atomic E-state index is -0.133. The van der Waals surface area contributed by atoms with Gasteiger partial charge in [-0.2, -0.15) is 0 Å². The molecular formula is C24H33IN4O3. The summed E-state index contributed by atoms with van der Waals surface area (Å²) in [7, 11) is 1.70. The van der Waals surface area contributed by atoms with Gasteiger partial charge in [-0.15, -0.1) is 24.0 Å². The van der Waals surface area contributed by atoms with Gasteiger partial charge in [-0.1, -0.05) is 38.1 Å². The van der Waals surface area contributed by atoms with Gasteiger partial charge in [0.2, 0.25) is 11.8 Å². The first kappa shape index (κ1) is 24.5. The van der Waals surface area contributed by atoms with Crippen molar-refractivity contribution in [2.75, 3.05) is 33.3 Å². The maximum Gasteiger partial charge on any atom is 0.233 e. The number of likely N-dealkylation sites (tertiary alicyclic amines) is 1. The fourth-order valence-corrected chi connectivity index (χ4v) is 4.98. The summed E-state index contributed by atoms with van der Waals surface area (Å²) in [5.74, 6) is 2.19. The SMILES string of the molecule is CN=C(NCCOc1ccc(C(C)C)cc1)NCCN1C(=O)C2C3C=CC(C3)C2C1=O.I. The van der Waals surface area contributed by atoms with Crippen LogP contribution in [0.15, 0.2) is 41.4 Å². The summed E-state index contributed by atoms with van der Waals surface area (Å²) >= 11 is 0. The molecule has 1 saturated heterocycles. The fraction of sp³-hybridized carbons (Fsp3) is 0.542. The Hall–Kier alpha value is -2.10. The van der Waals surface area contributed by atoms with E-state index in [1.54, 1.807) is 7.05 Å². The molecule has 3 aliphatic rings. The third-order valence-electron chi connectivity index (χ3n) is 6.62. The molecule has 2 fully saturated rings. The van der Waals surface area contributed by atoms with Crippen molar-refractivity contribution < 1.29 is 14.3 Å². The van der Waals surface area contributed by atoms with Crippen LogP contribution in [0.4, 0.5) is 0 Å². The van der Waals surface area contributed by atoms with Crippen molar-refractivity contribution in [1.29, 1.82) is 0 Å². The van der Waals surface area contributed by atoms with Crippen LogP contribution in [-0.4, -0.2) is 56.0 Å². The summed E-state index contributed by atoms with van der Waals surface area (Å²) in [4.78, 5) is 31.1. The Bertz CT molecular complexity index is 854. The summed E-state index contributed by atoms with van der Waals surface area (Å²) in [6.45, 7) is 6.26. The topological polar surface area (TPSA) is 83.0 Å². The minimum Gasteiger partial charge on any atom is -0.492 e. The molecule has 2 amide bonds. The van der Waals surface area contributed by atoms with E-state index in [2.05, 4.69) is 53.8 Å². The molecule has 32 heavy (non-hydrogen) atoms. The molecule has 2 aliphatic carbocycles. The maximum absolute atomic E-state index is 12.7. The molecule has 8 heteroatoms. The second-order valence-corrected chi connectivity index (χ2v) is 8.83. The lowest BCUT2D eigenvalue weighted by Gasteiger charge is -2.18. The average Bonchev–Trinajstić information content (AvgIpc) is 3.45. The summed E-state index contributed by atoms with van der Waals surface area (Å²) < 4.78 is 5.77. The number of hydrogen-bond donors (Lipinski definition) is 2. The number of benzene rings is 1. The molecule has 4 unspecified atom stereocenters. The predicted octanol–water partition coefficient (Wildman–Crippen LogP) is 2.78. The Morgan fingerprint density at radius 3 is 2.22 bits per heavy atom. The van der Waals surface area contributed by atoms with Crippen molar-refractivity contribution in [2.24, 2.45) is 28.7 Å². The summed E-state index contributed by atoms with van der Waals surface area (Å²) in [6, 6.07) is 8.15. The smallest absolute Gasteiger partial charge is 0.233 e. The Balaban J connectivity index is 0.00000289. The highest BCUT2D eigenvalue weighted by atomic mass is 127. The third-order valence-corrected chi connectivity index (χ3v) is 6.62. The second-order valence-electron chi connectivity index (χ2n) is 8.83. The molecule has 7 nitrogen and oxygen atoms in total. The molecule has 0 radical (unpaired) electrons. The Morgan fingerprint density at radius 2 is 1.66 bits per heavy atom. The lowest BCUT2D eigenvalue weighted by atomic mass is 9.85. The molecular weight excluding hydrogens is 519 g/mol. The van der Waals surface area contributed by atoms with Gasteiger partial charge in [-0.3, -0.25) is 19.5 Å². The van der Waals surface area contributed by atoms with E-state index >= 15 is 0 Å². The van der Waals surface area contributed by atoms with Gasteiger partial charge in [-0.05, 0) is 41.9 Å². The molecule has 2 N–H and O–H groups in total. The number of carbonyl (C=O) groups excluding carboxylic acids is 2. The van der Waals surface area contributed by atoms with E-state index in [0.717, 1.165) is 12.2 Å². The van der Waals surface area contributed by atoms with E-state index in [1.165, 1.54) is 10.5 Å². The Labute approximate surface area is 207 Å². The molecule has 0 spiro atoms. The minimum absolute atomic E-state index is 0. The molecule has 1 heterocycles. The van der Waals surface area contributed by atoms with Crippen LogP contribution in [0, 0.1) is 23.7 Å². The van der Waals surface area contributed by atoms with Crippen molar-refractivity contribution in [3.63, 3.8) is 0 Å². The van der Waals surface area contributed by atoms with Crippen LogP contribution in [0.5, 0.6) is 5.75 Å². The van der Waals surface area contributed by atoms with Gasteiger partial charge in [0.15, 0.2) is 5.96 Å². The van der Waals surface area contributed by atoms with Gasteiger partial charge in [0.1, 0.15) is 12.4 Å². The van der Waals surface area contributed by atoms with Crippen molar-refractivity contribution >= 4 is 41.8 Å². The maximum atomic E-state index is 12.7. The number of ether oxygens (including phenoxy) is 1. The van der Waals surface area contributed by atoms with Gasteiger partial charge in [-0.25, -0.2) is 0 Å². The van der Waals surface area contributed by atoms with Crippen LogP contribution in [0.3, 0.4) is 0 Å². The summed E-state index contributed by atoms with van der Waals surface area (Å²) in [5.41, 5.74) is 1.29. The summed E-state index contributed by atoms with van der Waals surface area (Å²) in [5, 5.41) is 6.38. The number of allylic oxidation sites excluding steroid dienone is 2. The van der Waals surface area contributed by atoms with E-state index in [9.17, 15) is 9.59 Å². The largest absolute Gasteiger partial charge is 0.492 e. The predicted molar refractivity (Wildman–Crippen MR) is 135 cm³/mol. The highest BCUT2D eigenvalue weighted by Crippen LogP contribution is 2.52. The standard InChI is InChI=1S/C24H32N4O3.HI/c1-15(2)16-6-8-19(9-7-16)31-13-11-27-24(25-3)26-10-12-28-22(29)20-17-4-5-18(14-17)21(20)23(28)30;/h4-9,15,17-18,20-21H,10-14H2,1-3H3,(H2,25,26,27);1H. The molecule has 4 rings (SSSR count). The number of aliphatic imine (C=N–C) groups is 1. The van der Waals surface area contributed by atoms with E-state index < -0.39 is 0 Å². The van der Waals surface area contributed by atoms with Crippen LogP contribution < -0.4 is 15.4 Å². The Kier molecular flexibility index (Phi) is 8.19. The lowest BCUT2D eigenvalue weighted by Crippen LogP contribution is -2.44. The zero-order valence-corrected chi connectivity index (χ0v) is 21.2. The number of hydrogen-bond acceptors (Lipinski definition) is 4. The van der Waals surface area contributed by atoms with Gasteiger partial charge in [0, 0.05) is 20.1 Å². The van der Waals surface area contributed by atoms with Gasteiger partial charge < -0.3 is 15.4 Å². The quantitative estimate of drug-likeness (QED) is 0.130. The van der Waals surface area contributed by atoms with Crippen LogP contribution in [0.1, 0.15) is 31.7 Å². The number of nitrogens with one attached hydrogen (secondary N) is 2. The highest BCUT2D eigenvalue weighted by molar-refractivity contribution is 14.0. The van der Waals surface area contributed by atoms with E-state index in [1.807, 2.05) is 12.1 Å². The van der Waals surface area contributed by atoms with E-state index in [0.29, 0.717) is 38.1 Å². The van der Waals surface area contributed by atoms with Crippen molar-refractivity contribution in [2.45, 2.75) is 26.2 Å². The number of fused-ring (bicyclic) bond motifs is 5. The van der Waals surface area contributed by atoms with Gasteiger partial charge in [0.05, 0.1) is 18.4 Å². The molecule has 4 atom stereocenters. The average molecular weight is 552 g/mol. The first-order chi connectivity index (χ1) is 15.0. The van der Waals surface area contributed by atoms with E-state index in [4.69, 9.17) is 4.74 Å². The first-order valence-corrected chi connectivity index (χ1v) is 11.2. The monoisotopic (exact) mass is 552 g/mol. The molecule has 1 aliphatic heterocycles. The van der Waals surface area contributed by atoms with Crippen molar-refractivity contribution in [1.82, 2.24) is 15.5 Å². The second kappa shape index (κ2) is 10.7. The first-order valence-electron chi connectivity index (χ1n) is 11.2. The zero-order chi connectivity index (χ0) is 22.0. The third kappa shape index (κ3) is 4.94. The van der Waals surface area contributed by atoms with Crippen molar-refractivity contribution in [3.05, 3.63) is 42.0 Å². The van der Waals surface area contributed by atoms with Crippen molar-refractivity contribution in [3.8, 4) is 5.75 Å². The summed E-state index contributed by atoms with van der Waals surface area (Å²) in [6.07, 6.45) is 5.19. The molecule has 1 aromatic carbocycles. The number of carbonyl (C=O) groups is 2. The molecule has 1 aromatic rings. The number of nitrogens with zero attached hydrogens (tertiary/aromatic N) is 2. The zero-order valence-electron chi connectivity index (χ0n) is 18.9. The number of rotatable bonds is 8. The highest BCUT2D eigenvalue weighted by Gasteiger charge is 2.58. The number of amides is 2. The van der Waals surface area contributed by atoms with Crippen LogP contribution in [-0.2, 0) is 9.59 Å². The lowest BCUT2D eigenvalue weighted by molar-refractivity contribution is -0.140. The molecule has 174 valence electrons. The normalized spacial score (nSPS) is 25.9. The number of imide groups is 1. The molecule has 0 aromatic heterocycles. The molecule has 1 saturated carbocycles.